The molecule has 104 valence electrons. The summed E-state index contributed by atoms with van der Waals surface area (Å²) in [6, 6.07) is 11.2. The van der Waals surface area contributed by atoms with Crippen LogP contribution in [0, 0.1) is 13.8 Å². The average molecular weight is 308 g/mol. The summed E-state index contributed by atoms with van der Waals surface area (Å²) in [5.74, 6) is -0.224. The molecule has 4 heteroatoms. The normalized spacial score (nSPS) is 10.4. The number of amides is 1. The highest BCUT2D eigenvalue weighted by Crippen LogP contribution is 2.25. The van der Waals surface area contributed by atoms with Gasteiger partial charge in [-0.05, 0) is 37.1 Å². The van der Waals surface area contributed by atoms with Crippen molar-refractivity contribution in [2.24, 2.45) is 0 Å². The molecule has 0 radical (unpaired) electrons. The van der Waals surface area contributed by atoms with Crippen molar-refractivity contribution in [2.45, 2.75) is 20.4 Å². The van der Waals surface area contributed by atoms with Crippen molar-refractivity contribution in [1.82, 2.24) is 5.32 Å². The Morgan fingerprint density at radius 3 is 2.65 bits per heavy atom. The number of hydrogen-bond donors (Lipinski definition) is 1. The lowest BCUT2D eigenvalue weighted by Crippen LogP contribution is -2.23. The molecule has 0 saturated heterocycles. The van der Waals surface area contributed by atoms with E-state index >= 15 is 0 Å². The highest BCUT2D eigenvalue weighted by molar-refractivity contribution is 6.43. The standard InChI is InChI=1S/C16H15Cl2NO/c1-10-6-7-11(2)12(8-10)9-19-16(20)13-4-3-5-14(17)15(13)18/h3-8H,9H2,1-2H3,(H,19,20). The second kappa shape index (κ2) is 6.29. The van der Waals surface area contributed by atoms with Crippen LogP contribution in [0.15, 0.2) is 36.4 Å². The SMILES string of the molecule is Cc1ccc(C)c(CNC(=O)c2cccc(Cl)c2Cl)c1. The summed E-state index contributed by atoms with van der Waals surface area (Å²) in [4.78, 5) is 12.1. The monoisotopic (exact) mass is 307 g/mol. The van der Waals surface area contributed by atoms with Crippen LogP contribution >= 0.6 is 23.2 Å². The highest BCUT2D eigenvalue weighted by Gasteiger charge is 2.12. The minimum atomic E-state index is -0.224. The van der Waals surface area contributed by atoms with E-state index in [-0.39, 0.29) is 10.9 Å². The van der Waals surface area contributed by atoms with Gasteiger partial charge in [-0.15, -0.1) is 0 Å². The quantitative estimate of drug-likeness (QED) is 0.886. The Bertz CT molecular complexity index is 653. The van der Waals surface area contributed by atoms with Crippen LogP contribution in [0.3, 0.4) is 0 Å². The molecule has 2 aromatic carbocycles. The van der Waals surface area contributed by atoms with Gasteiger partial charge < -0.3 is 5.32 Å². The smallest absolute Gasteiger partial charge is 0.253 e. The van der Waals surface area contributed by atoms with Crippen molar-refractivity contribution >= 4 is 29.1 Å². The number of nitrogens with one attached hydrogen (secondary N) is 1. The summed E-state index contributed by atoms with van der Waals surface area (Å²) < 4.78 is 0. The molecule has 2 aromatic rings. The molecule has 0 aliphatic heterocycles. The molecule has 0 unspecified atom stereocenters. The van der Waals surface area contributed by atoms with E-state index in [9.17, 15) is 4.79 Å². The number of carbonyl (C=O) groups is 1. The van der Waals surface area contributed by atoms with Gasteiger partial charge in [0.1, 0.15) is 0 Å². The lowest BCUT2D eigenvalue weighted by molar-refractivity contribution is 0.0951. The number of hydrogen-bond acceptors (Lipinski definition) is 1. The molecule has 1 amide bonds. The van der Waals surface area contributed by atoms with Gasteiger partial charge in [0.25, 0.3) is 5.91 Å². The van der Waals surface area contributed by atoms with Crippen LogP contribution in [0.25, 0.3) is 0 Å². The molecule has 0 spiro atoms. The van der Waals surface area contributed by atoms with Gasteiger partial charge in [-0.25, -0.2) is 0 Å². The Morgan fingerprint density at radius 2 is 1.90 bits per heavy atom. The van der Waals surface area contributed by atoms with Crippen LogP contribution in [0.4, 0.5) is 0 Å². The van der Waals surface area contributed by atoms with E-state index in [1.54, 1.807) is 18.2 Å². The van der Waals surface area contributed by atoms with Gasteiger partial charge in [0.2, 0.25) is 0 Å². The summed E-state index contributed by atoms with van der Waals surface area (Å²) >= 11 is 11.9. The van der Waals surface area contributed by atoms with E-state index in [1.165, 1.54) is 5.56 Å². The van der Waals surface area contributed by atoms with Crippen LogP contribution in [0.1, 0.15) is 27.0 Å². The summed E-state index contributed by atoms with van der Waals surface area (Å²) in [5, 5.41) is 3.53. The maximum atomic E-state index is 12.1. The summed E-state index contributed by atoms with van der Waals surface area (Å²) in [6.45, 7) is 4.51. The number of benzene rings is 2. The predicted molar refractivity (Wildman–Crippen MR) is 83.5 cm³/mol. The number of rotatable bonds is 3. The van der Waals surface area contributed by atoms with Crippen molar-refractivity contribution in [2.75, 3.05) is 0 Å². The zero-order valence-corrected chi connectivity index (χ0v) is 12.8. The first kappa shape index (κ1) is 14.9. The predicted octanol–water partition coefficient (Wildman–Crippen LogP) is 4.54. The minimum absolute atomic E-state index is 0.224. The molecule has 0 aliphatic rings. The van der Waals surface area contributed by atoms with Crippen molar-refractivity contribution in [1.29, 1.82) is 0 Å². The Hall–Kier alpha value is -1.51. The lowest BCUT2D eigenvalue weighted by atomic mass is 10.1. The summed E-state index contributed by atoms with van der Waals surface area (Å²) in [6.07, 6.45) is 0. The molecule has 0 heterocycles. The minimum Gasteiger partial charge on any atom is -0.348 e. The molecule has 2 rings (SSSR count). The van der Waals surface area contributed by atoms with E-state index in [0.717, 1.165) is 11.1 Å². The Kier molecular flexibility index (Phi) is 4.69. The topological polar surface area (TPSA) is 29.1 Å². The van der Waals surface area contributed by atoms with E-state index in [4.69, 9.17) is 23.2 Å². The van der Waals surface area contributed by atoms with Gasteiger partial charge in [0, 0.05) is 6.54 Å². The largest absolute Gasteiger partial charge is 0.348 e. The van der Waals surface area contributed by atoms with E-state index < -0.39 is 0 Å². The molecule has 2 nitrogen and oxygen atoms in total. The fourth-order valence-corrected chi connectivity index (χ4v) is 2.33. The fraction of sp³-hybridized carbons (Fsp3) is 0.188. The molecule has 0 atom stereocenters. The number of halogens is 2. The van der Waals surface area contributed by atoms with Crippen LogP contribution in [0.5, 0.6) is 0 Å². The summed E-state index contributed by atoms with van der Waals surface area (Å²) in [5.41, 5.74) is 3.80. The first-order valence-corrected chi connectivity index (χ1v) is 7.03. The van der Waals surface area contributed by atoms with Gasteiger partial charge in [0.15, 0.2) is 0 Å². The van der Waals surface area contributed by atoms with Crippen LogP contribution in [0.2, 0.25) is 10.0 Å². The van der Waals surface area contributed by atoms with Crippen molar-refractivity contribution in [3.05, 3.63) is 68.7 Å². The third-order valence-corrected chi connectivity index (χ3v) is 3.96. The molecule has 0 aliphatic carbocycles. The first-order chi connectivity index (χ1) is 9.49. The average Bonchev–Trinajstić information content (AvgIpc) is 2.42. The van der Waals surface area contributed by atoms with Crippen molar-refractivity contribution < 1.29 is 4.79 Å². The van der Waals surface area contributed by atoms with Crippen LogP contribution < -0.4 is 5.32 Å². The van der Waals surface area contributed by atoms with E-state index in [1.807, 2.05) is 19.9 Å². The second-order valence-electron chi connectivity index (χ2n) is 4.71. The Balaban J connectivity index is 2.13. The highest BCUT2D eigenvalue weighted by atomic mass is 35.5. The maximum Gasteiger partial charge on any atom is 0.253 e. The molecule has 0 bridgehead atoms. The van der Waals surface area contributed by atoms with Gasteiger partial charge in [-0.1, -0.05) is 53.0 Å². The molecule has 0 aromatic heterocycles. The van der Waals surface area contributed by atoms with E-state index in [0.29, 0.717) is 17.1 Å². The molecule has 0 fully saturated rings. The Labute approximate surface area is 128 Å². The number of carbonyl (C=O) groups excluding carboxylic acids is 1. The molecule has 0 saturated carbocycles. The first-order valence-electron chi connectivity index (χ1n) is 6.27. The van der Waals surface area contributed by atoms with Crippen LogP contribution in [-0.4, -0.2) is 5.91 Å². The fourth-order valence-electron chi connectivity index (χ4n) is 1.94. The van der Waals surface area contributed by atoms with Gasteiger partial charge >= 0.3 is 0 Å². The lowest BCUT2D eigenvalue weighted by Gasteiger charge is -2.10. The Morgan fingerprint density at radius 1 is 1.15 bits per heavy atom. The third-order valence-electron chi connectivity index (χ3n) is 3.14. The van der Waals surface area contributed by atoms with E-state index in [2.05, 4.69) is 17.4 Å². The second-order valence-corrected chi connectivity index (χ2v) is 5.50. The van der Waals surface area contributed by atoms with Crippen molar-refractivity contribution in [3.8, 4) is 0 Å². The molecular formula is C16H15Cl2NO. The maximum absolute atomic E-state index is 12.1. The van der Waals surface area contributed by atoms with Gasteiger partial charge in [-0.3, -0.25) is 4.79 Å². The molecular weight excluding hydrogens is 293 g/mol. The van der Waals surface area contributed by atoms with Gasteiger partial charge in [-0.2, -0.15) is 0 Å². The molecule has 20 heavy (non-hydrogen) atoms. The third kappa shape index (κ3) is 3.33. The van der Waals surface area contributed by atoms with Crippen molar-refractivity contribution in [3.63, 3.8) is 0 Å². The van der Waals surface area contributed by atoms with Crippen LogP contribution in [-0.2, 0) is 6.54 Å². The molecule has 1 N–H and O–H groups in total. The van der Waals surface area contributed by atoms with Gasteiger partial charge in [0.05, 0.1) is 15.6 Å². The summed E-state index contributed by atoms with van der Waals surface area (Å²) in [7, 11) is 0. The zero-order chi connectivity index (χ0) is 14.7. The zero-order valence-electron chi connectivity index (χ0n) is 11.3. The number of aryl methyl sites for hydroxylation is 2.